The van der Waals surface area contributed by atoms with Crippen molar-refractivity contribution in [2.24, 2.45) is 5.73 Å². The van der Waals surface area contributed by atoms with Gasteiger partial charge in [-0.25, -0.2) is 0 Å². The zero-order chi connectivity index (χ0) is 13.5. The van der Waals surface area contributed by atoms with Crippen LogP contribution in [0.2, 0.25) is 0 Å². The third kappa shape index (κ3) is 4.79. The molecule has 4 N–H and O–H groups in total. The fourth-order valence-corrected chi connectivity index (χ4v) is 1.55. The van der Waals surface area contributed by atoms with E-state index in [2.05, 4.69) is 5.32 Å². The summed E-state index contributed by atoms with van der Waals surface area (Å²) in [4.78, 5) is 13.7. The Morgan fingerprint density at radius 3 is 2.56 bits per heavy atom. The van der Waals surface area contributed by atoms with E-state index >= 15 is 0 Å². The van der Waals surface area contributed by atoms with E-state index in [0.717, 1.165) is 5.56 Å². The standard InChI is InChI=1S/C12H17N3O2S/c1-15(6-7-16)8-11(17)14-10-4-2-9(3-5-10)12(13)18/h2-5,16H,6-8H2,1H3,(H2,13,18)(H,14,17). The molecule has 0 spiro atoms. The Balaban J connectivity index is 2.51. The number of carbonyl (C=O) groups is 1. The number of hydrogen-bond acceptors (Lipinski definition) is 4. The Hall–Kier alpha value is -1.50. The molecule has 0 bridgehead atoms. The van der Waals surface area contributed by atoms with Crippen LogP contribution in [0.15, 0.2) is 24.3 Å². The molecule has 1 aromatic carbocycles. The van der Waals surface area contributed by atoms with Crippen LogP contribution in [-0.2, 0) is 4.79 Å². The average molecular weight is 267 g/mol. The first kappa shape index (κ1) is 14.6. The van der Waals surface area contributed by atoms with E-state index in [1.807, 2.05) is 0 Å². The van der Waals surface area contributed by atoms with Crippen LogP contribution in [0.5, 0.6) is 0 Å². The Morgan fingerprint density at radius 1 is 1.44 bits per heavy atom. The number of nitrogens with zero attached hydrogens (tertiary/aromatic N) is 1. The maximum Gasteiger partial charge on any atom is 0.238 e. The molecule has 0 fully saturated rings. The molecule has 0 unspecified atom stereocenters. The summed E-state index contributed by atoms with van der Waals surface area (Å²) in [5.74, 6) is -0.131. The molecule has 0 radical (unpaired) electrons. The second-order valence-corrected chi connectivity index (χ2v) is 4.39. The Bertz CT molecular complexity index is 420. The van der Waals surface area contributed by atoms with Crippen molar-refractivity contribution in [2.45, 2.75) is 0 Å². The van der Waals surface area contributed by atoms with Crippen LogP contribution in [-0.4, -0.2) is 47.6 Å². The van der Waals surface area contributed by atoms with Gasteiger partial charge in [0.05, 0.1) is 13.2 Å². The second kappa shape index (κ2) is 7.05. The van der Waals surface area contributed by atoms with Crippen molar-refractivity contribution in [1.29, 1.82) is 0 Å². The molecule has 0 aliphatic rings. The minimum atomic E-state index is -0.131. The van der Waals surface area contributed by atoms with Crippen molar-refractivity contribution in [1.82, 2.24) is 4.90 Å². The van der Waals surface area contributed by atoms with Crippen molar-refractivity contribution >= 4 is 28.8 Å². The highest BCUT2D eigenvalue weighted by Gasteiger charge is 2.06. The molecule has 6 heteroatoms. The van der Waals surface area contributed by atoms with E-state index in [1.54, 1.807) is 36.2 Å². The number of anilines is 1. The molecule has 0 aliphatic carbocycles. The zero-order valence-electron chi connectivity index (χ0n) is 10.2. The third-order valence-corrected chi connectivity index (χ3v) is 2.58. The summed E-state index contributed by atoms with van der Waals surface area (Å²) in [6.07, 6.45) is 0. The largest absolute Gasteiger partial charge is 0.395 e. The van der Waals surface area contributed by atoms with Crippen LogP contribution in [0, 0.1) is 0 Å². The molecule has 18 heavy (non-hydrogen) atoms. The Morgan fingerprint density at radius 2 is 2.06 bits per heavy atom. The van der Waals surface area contributed by atoms with Gasteiger partial charge in [0.2, 0.25) is 5.91 Å². The minimum Gasteiger partial charge on any atom is -0.395 e. The number of carbonyl (C=O) groups excluding carboxylic acids is 1. The number of nitrogens with one attached hydrogen (secondary N) is 1. The molecule has 5 nitrogen and oxygen atoms in total. The fourth-order valence-electron chi connectivity index (χ4n) is 1.41. The molecule has 1 amide bonds. The van der Waals surface area contributed by atoms with Crippen molar-refractivity contribution in [2.75, 3.05) is 32.1 Å². The van der Waals surface area contributed by atoms with E-state index in [4.69, 9.17) is 23.1 Å². The van der Waals surface area contributed by atoms with Crippen LogP contribution >= 0.6 is 12.2 Å². The van der Waals surface area contributed by atoms with Crippen LogP contribution < -0.4 is 11.1 Å². The number of likely N-dealkylation sites (N-methyl/N-ethyl adjacent to an activating group) is 1. The lowest BCUT2D eigenvalue weighted by molar-refractivity contribution is -0.117. The first-order valence-electron chi connectivity index (χ1n) is 5.52. The highest BCUT2D eigenvalue weighted by Crippen LogP contribution is 2.09. The number of nitrogens with two attached hydrogens (primary N) is 1. The van der Waals surface area contributed by atoms with Gasteiger partial charge in [0.1, 0.15) is 4.99 Å². The molecule has 1 rings (SSSR count). The monoisotopic (exact) mass is 267 g/mol. The Kier molecular flexibility index (Phi) is 5.70. The van der Waals surface area contributed by atoms with E-state index in [0.29, 0.717) is 17.2 Å². The highest BCUT2D eigenvalue weighted by atomic mass is 32.1. The topological polar surface area (TPSA) is 78.6 Å². The summed E-state index contributed by atoms with van der Waals surface area (Å²) in [5, 5.41) is 11.5. The summed E-state index contributed by atoms with van der Waals surface area (Å²) in [6, 6.07) is 7.02. The van der Waals surface area contributed by atoms with Gasteiger partial charge in [-0.05, 0) is 31.3 Å². The van der Waals surface area contributed by atoms with Gasteiger partial charge in [0.25, 0.3) is 0 Å². The van der Waals surface area contributed by atoms with Crippen LogP contribution in [0.4, 0.5) is 5.69 Å². The number of aliphatic hydroxyl groups is 1. The first-order valence-corrected chi connectivity index (χ1v) is 5.93. The van der Waals surface area contributed by atoms with Crippen LogP contribution in [0.25, 0.3) is 0 Å². The number of amides is 1. The highest BCUT2D eigenvalue weighted by molar-refractivity contribution is 7.80. The summed E-state index contributed by atoms with van der Waals surface area (Å²) in [6.45, 7) is 0.734. The number of benzene rings is 1. The molecule has 0 aliphatic heterocycles. The molecule has 0 atom stereocenters. The third-order valence-electron chi connectivity index (χ3n) is 2.35. The predicted octanol–water partition coefficient (Wildman–Crippen LogP) is 0.183. The quantitative estimate of drug-likeness (QED) is 0.641. The van der Waals surface area contributed by atoms with E-state index in [9.17, 15) is 4.79 Å². The second-order valence-electron chi connectivity index (χ2n) is 3.95. The van der Waals surface area contributed by atoms with Crippen molar-refractivity contribution in [3.05, 3.63) is 29.8 Å². The average Bonchev–Trinajstić information content (AvgIpc) is 2.29. The van der Waals surface area contributed by atoms with Gasteiger partial charge in [-0.15, -0.1) is 0 Å². The van der Waals surface area contributed by atoms with E-state index < -0.39 is 0 Å². The lowest BCUT2D eigenvalue weighted by atomic mass is 10.2. The van der Waals surface area contributed by atoms with Gasteiger partial charge in [-0.2, -0.15) is 0 Å². The molecular formula is C12H17N3O2S. The molecule has 1 aromatic rings. The predicted molar refractivity (Wildman–Crippen MR) is 75.5 cm³/mol. The van der Waals surface area contributed by atoms with Crippen LogP contribution in [0.3, 0.4) is 0 Å². The lowest BCUT2D eigenvalue weighted by Gasteiger charge is -2.14. The number of rotatable bonds is 6. The zero-order valence-corrected chi connectivity index (χ0v) is 11.0. The smallest absolute Gasteiger partial charge is 0.238 e. The van der Waals surface area contributed by atoms with Crippen molar-refractivity contribution < 1.29 is 9.90 Å². The fraction of sp³-hybridized carbons (Fsp3) is 0.333. The molecule has 0 aromatic heterocycles. The maximum atomic E-state index is 11.6. The van der Waals surface area contributed by atoms with Crippen molar-refractivity contribution in [3.8, 4) is 0 Å². The van der Waals surface area contributed by atoms with Gasteiger partial charge < -0.3 is 16.2 Å². The summed E-state index contributed by atoms with van der Waals surface area (Å²) in [7, 11) is 1.77. The molecular weight excluding hydrogens is 250 g/mol. The maximum absolute atomic E-state index is 11.6. The SMILES string of the molecule is CN(CCO)CC(=O)Nc1ccc(C(N)=S)cc1. The van der Waals surface area contributed by atoms with Crippen LogP contribution in [0.1, 0.15) is 5.56 Å². The number of hydrogen-bond donors (Lipinski definition) is 3. The number of aliphatic hydroxyl groups excluding tert-OH is 1. The van der Waals surface area contributed by atoms with Gasteiger partial charge >= 0.3 is 0 Å². The molecule has 0 saturated carbocycles. The first-order chi connectivity index (χ1) is 8.52. The van der Waals surface area contributed by atoms with E-state index in [1.165, 1.54) is 0 Å². The van der Waals surface area contributed by atoms with Crippen molar-refractivity contribution in [3.63, 3.8) is 0 Å². The Labute approximate surface area is 112 Å². The van der Waals surface area contributed by atoms with Gasteiger partial charge in [-0.3, -0.25) is 9.69 Å². The minimum absolute atomic E-state index is 0.0341. The molecule has 98 valence electrons. The molecule has 0 heterocycles. The van der Waals surface area contributed by atoms with Gasteiger partial charge in [-0.1, -0.05) is 12.2 Å². The lowest BCUT2D eigenvalue weighted by Crippen LogP contribution is -2.32. The van der Waals surface area contributed by atoms with Gasteiger partial charge in [0, 0.05) is 17.8 Å². The van der Waals surface area contributed by atoms with E-state index in [-0.39, 0.29) is 19.1 Å². The summed E-state index contributed by atoms with van der Waals surface area (Å²) in [5.41, 5.74) is 6.93. The number of thiocarbonyl (C=S) groups is 1. The van der Waals surface area contributed by atoms with Gasteiger partial charge in [0.15, 0.2) is 0 Å². The summed E-state index contributed by atoms with van der Waals surface area (Å²) < 4.78 is 0. The molecule has 0 saturated heterocycles. The summed E-state index contributed by atoms with van der Waals surface area (Å²) >= 11 is 4.84. The normalized spacial score (nSPS) is 10.4.